The van der Waals surface area contributed by atoms with Crippen molar-refractivity contribution in [2.24, 2.45) is 0 Å². The summed E-state index contributed by atoms with van der Waals surface area (Å²) in [6, 6.07) is 9.45. The molecule has 7 nitrogen and oxygen atoms in total. The maximum Gasteiger partial charge on any atom is 0.197 e. The van der Waals surface area contributed by atoms with E-state index in [0.717, 1.165) is 15.9 Å². The molecule has 0 fully saturated rings. The molecule has 0 saturated carbocycles. The van der Waals surface area contributed by atoms with Crippen LogP contribution in [0.4, 0.5) is 0 Å². The molecule has 0 saturated heterocycles. The Labute approximate surface area is 155 Å². The number of nitrogens with zero attached hydrogens (tertiary/aromatic N) is 5. The Kier molecular flexibility index (Phi) is 4.57. The first-order chi connectivity index (χ1) is 12.7. The molecule has 1 atom stereocenters. The van der Waals surface area contributed by atoms with Gasteiger partial charge in [0.2, 0.25) is 0 Å². The second-order valence-electron chi connectivity index (χ2n) is 5.65. The predicted molar refractivity (Wildman–Crippen MR) is 96.4 cm³/mol. The van der Waals surface area contributed by atoms with E-state index in [0.29, 0.717) is 30.5 Å². The number of fused-ring (bicyclic) bond motifs is 1. The smallest absolute Gasteiger partial charge is 0.197 e. The minimum Gasteiger partial charge on any atom is -0.485 e. The molecule has 1 aliphatic heterocycles. The van der Waals surface area contributed by atoms with Gasteiger partial charge in [-0.15, -0.1) is 16.8 Å². The van der Waals surface area contributed by atoms with Crippen molar-refractivity contribution in [1.29, 1.82) is 0 Å². The predicted octanol–water partition coefficient (Wildman–Crippen LogP) is 3.23. The minimum atomic E-state index is -0.334. The van der Waals surface area contributed by atoms with E-state index in [9.17, 15) is 0 Å². The quantitative estimate of drug-likeness (QED) is 0.506. The Morgan fingerprint density at radius 1 is 1.27 bits per heavy atom. The molecule has 1 aliphatic rings. The van der Waals surface area contributed by atoms with Crippen LogP contribution in [0.3, 0.4) is 0 Å². The van der Waals surface area contributed by atoms with E-state index in [1.54, 1.807) is 12.3 Å². The van der Waals surface area contributed by atoms with Crippen molar-refractivity contribution in [2.45, 2.75) is 29.8 Å². The van der Waals surface area contributed by atoms with E-state index >= 15 is 0 Å². The molecule has 0 spiro atoms. The van der Waals surface area contributed by atoms with Gasteiger partial charge < -0.3 is 9.47 Å². The number of aryl methyl sites for hydroxylation is 1. The highest BCUT2D eigenvalue weighted by atomic mass is 32.2. The molecular formula is C18H17N5O2S. The van der Waals surface area contributed by atoms with Gasteiger partial charge >= 0.3 is 0 Å². The lowest BCUT2D eigenvalue weighted by atomic mass is 10.2. The van der Waals surface area contributed by atoms with Gasteiger partial charge in [0, 0.05) is 12.7 Å². The fraction of sp³-hybridized carbons (Fsp3) is 0.222. The van der Waals surface area contributed by atoms with Gasteiger partial charge in [-0.1, -0.05) is 18.2 Å². The monoisotopic (exact) mass is 367 g/mol. The van der Waals surface area contributed by atoms with Gasteiger partial charge in [-0.2, -0.15) is 0 Å². The Hall–Kier alpha value is -2.87. The molecule has 0 aliphatic carbocycles. The summed E-state index contributed by atoms with van der Waals surface area (Å²) < 4.78 is 13.8. The second kappa shape index (κ2) is 7.17. The molecule has 0 bridgehead atoms. The van der Waals surface area contributed by atoms with Crippen LogP contribution in [0.15, 0.2) is 59.4 Å². The molecule has 1 aromatic carbocycles. The molecule has 0 radical (unpaired) electrons. The van der Waals surface area contributed by atoms with Crippen LogP contribution in [-0.4, -0.2) is 31.3 Å². The third-order valence-corrected chi connectivity index (χ3v) is 4.72. The number of aromatic nitrogens is 5. The maximum atomic E-state index is 6.07. The van der Waals surface area contributed by atoms with E-state index in [2.05, 4.69) is 26.7 Å². The van der Waals surface area contributed by atoms with Crippen LogP contribution in [0.2, 0.25) is 0 Å². The summed E-state index contributed by atoms with van der Waals surface area (Å²) in [5, 5.41) is 10.2. The van der Waals surface area contributed by atoms with Gasteiger partial charge in [0.1, 0.15) is 17.5 Å². The van der Waals surface area contributed by atoms with Crippen LogP contribution in [-0.2, 0) is 6.54 Å². The number of allylic oxidation sites excluding steroid dienone is 1. The summed E-state index contributed by atoms with van der Waals surface area (Å²) in [6.07, 6.45) is 3.20. The first-order valence-corrected chi connectivity index (χ1v) is 8.96. The Balaban J connectivity index is 1.63. The lowest BCUT2D eigenvalue weighted by Gasteiger charge is -2.26. The zero-order valence-corrected chi connectivity index (χ0v) is 15.0. The topological polar surface area (TPSA) is 75.0 Å². The first kappa shape index (κ1) is 16.6. The number of para-hydroxylation sites is 2. The standard InChI is InChI=1S/C18H17N5O2S/c1-3-10-23-17(15-11-24-13-6-4-5-7-14(13)25-15)21-22-18(23)26-16-8-9-19-12(2)20-16/h3-9,15H,1,10-11H2,2H3. The first-order valence-electron chi connectivity index (χ1n) is 8.14. The highest BCUT2D eigenvalue weighted by Gasteiger charge is 2.28. The molecule has 8 heteroatoms. The van der Waals surface area contributed by atoms with Crippen molar-refractivity contribution in [1.82, 2.24) is 24.7 Å². The van der Waals surface area contributed by atoms with E-state index in [1.165, 1.54) is 11.8 Å². The summed E-state index contributed by atoms with van der Waals surface area (Å²) in [6.45, 7) is 6.64. The summed E-state index contributed by atoms with van der Waals surface area (Å²) in [4.78, 5) is 8.53. The molecule has 132 valence electrons. The minimum absolute atomic E-state index is 0.334. The number of rotatable bonds is 5. The normalized spacial score (nSPS) is 15.7. The van der Waals surface area contributed by atoms with Gasteiger partial charge in [0.25, 0.3) is 0 Å². The third kappa shape index (κ3) is 3.28. The number of ether oxygens (including phenoxy) is 2. The van der Waals surface area contributed by atoms with Gasteiger partial charge in [-0.3, -0.25) is 4.57 Å². The highest BCUT2D eigenvalue weighted by molar-refractivity contribution is 7.99. The van der Waals surface area contributed by atoms with Gasteiger partial charge in [0.05, 0.1) is 0 Å². The number of hydrogen-bond donors (Lipinski definition) is 0. The Morgan fingerprint density at radius 3 is 2.92 bits per heavy atom. The van der Waals surface area contributed by atoms with Gasteiger partial charge in [0.15, 0.2) is 28.6 Å². The molecule has 1 unspecified atom stereocenters. The van der Waals surface area contributed by atoms with Crippen molar-refractivity contribution in [3.8, 4) is 11.5 Å². The molecule has 0 amide bonds. The fourth-order valence-corrected chi connectivity index (χ4v) is 3.50. The summed E-state index contributed by atoms with van der Waals surface area (Å²) in [5.41, 5.74) is 0. The van der Waals surface area contributed by atoms with E-state index in [4.69, 9.17) is 9.47 Å². The van der Waals surface area contributed by atoms with Gasteiger partial charge in [-0.05, 0) is 36.9 Å². The van der Waals surface area contributed by atoms with Crippen LogP contribution in [0.1, 0.15) is 17.8 Å². The molecule has 3 heterocycles. The van der Waals surface area contributed by atoms with Crippen molar-refractivity contribution < 1.29 is 9.47 Å². The third-order valence-electron chi connectivity index (χ3n) is 3.80. The zero-order valence-electron chi connectivity index (χ0n) is 14.2. The van der Waals surface area contributed by atoms with Crippen molar-refractivity contribution in [2.75, 3.05) is 6.61 Å². The van der Waals surface area contributed by atoms with Crippen molar-refractivity contribution in [3.63, 3.8) is 0 Å². The van der Waals surface area contributed by atoms with E-state index in [1.807, 2.05) is 41.8 Å². The fourth-order valence-electron chi connectivity index (χ4n) is 2.65. The van der Waals surface area contributed by atoms with Crippen LogP contribution in [0.25, 0.3) is 0 Å². The lowest BCUT2D eigenvalue weighted by molar-refractivity contribution is 0.0821. The average Bonchev–Trinajstić information content (AvgIpc) is 3.04. The largest absolute Gasteiger partial charge is 0.485 e. The Morgan fingerprint density at radius 2 is 2.12 bits per heavy atom. The Bertz CT molecular complexity index is 943. The molecule has 0 N–H and O–H groups in total. The summed E-state index contributed by atoms with van der Waals surface area (Å²) in [7, 11) is 0. The lowest BCUT2D eigenvalue weighted by Crippen LogP contribution is -2.25. The maximum absolute atomic E-state index is 6.07. The van der Waals surface area contributed by atoms with Crippen LogP contribution in [0.5, 0.6) is 11.5 Å². The number of hydrogen-bond acceptors (Lipinski definition) is 7. The van der Waals surface area contributed by atoms with Crippen molar-refractivity contribution in [3.05, 3.63) is 60.8 Å². The molecular weight excluding hydrogens is 350 g/mol. The molecule has 2 aromatic heterocycles. The SMILES string of the molecule is C=CCn1c(Sc2ccnc(C)n2)nnc1C1COc2ccccc2O1. The summed E-state index contributed by atoms with van der Waals surface area (Å²) in [5.74, 6) is 2.86. The zero-order chi connectivity index (χ0) is 17.9. The van der Waals surface area contributed by atoms with E-state index < -0.39 is 0 Å². The highest BCUT2D eigenvalue weighted by Crippen LogP contribution is 2.36. The number of benzene rings is 1. The van der Waals surface area contributed by atoms with Gasteiger partial charge in [-0.25, -0.2) is 9.97 Å². The molecule has 26 heavy (non-hydrogen) atoms. The van der Waals surface area contributed by atoms with Crippen molar-refractivity contribution >= 4 is 11.8 Å². The summed E-state index contributed by atoms with van der Waals surface area (Å²) >= 11 is 1.43. The van der Waals surface area contributed by atoms with Crippen LogP contribution < -0.4 is 9.47 Å². The molecule has 4 rings (SSSR count). The second-order valence-corrected chi connectivity index (χ2v) is 6.64. The van der Waals surface area contributed by atoms with E-state index in [-0.39, 0.29) is 6.10 Å². The van der Waals surface area contributed by atoms with Crippen LogP contribution >= 0.6 is 11.8 Å². The van der Waals surface area contributed by atoms with Crippen LogP contribution in [0, 0.1) is 6.92 Å². The molecule has 3 aromatic rings. The average molecular weight is 367 g/mol.